The zero-order chi connectivity index (χ0) is 15.5. The van der Waals surface area contributed by atoms with Crippen LogP contribution in [0, 0.1) is 18.3 Å². The van der Waals surface area contributed by atoms with E-state index < -0.39 is 5.54 Å². The van der Waals surface area contributed by atoms with Gasteiger partial charge in [-0.05, 0) is 51.8 Å². The number of hydrogen-bond acceptors (Lipinski definition) is 4. The second-order valence-electron chi connectivity index (χ2n) is 5.90. The number of aryl methyl sites for hydroxylation is 1. The maximum atomic E-state index is 9.33. The highest BCUT2D eigenvalue weighted by molar-refractivity contribution is 7.99. The van der Waals surface area contributed by atoms with Crippen LogP contribution in [0.15, 0.2) is 23.4 Å². The second kappa shape index (κ2) is 6.50. The third-order valence-corrected chi connectivity index (χ3v) is 4.19. The fourth-order valence-corrected chi connectivity index (χ4v) is 3.37. The summed E-state index contributed by atoms with van der Waals surface area (Å²) in [6.07, 6.45) is 0.780. The first kappa shape index (κ1) is 15.9. The van der Waals surface area contributed by atoms with E-state index in [2.05, 4.69) is 54.3 Å². The molecule has 1 aromatic heterocycles. The minimum absolute atomic E-state index is 0.300. The number of nitriles is 1. The van der Waals surface area contributed by atoms with Gasteiger partial charge in [0.1, 0.15) is 5.54 Å². The lowest BCUT2D eigenvalue weighted by atomic mass is 10.0. The van der Waals surface area contributed by atoms with Crippen LogP contribution in [0.2, 0.25) is 0 Å². The van der Waals surface area contributed by atoms with Crippen molar-refractivity contribution < 1.29 is 0 Å². The smallest absolute Gasteiger partial charge is 0.166 e. The summed E-state index contributed by atoms with van der Waals surface area (Å²) in [4.78, 5) is 7.89. The van der Waals surface area contributed by atoms with E-state index in [4.69, 9.17) is 0 Å². The molecule has 0 aliphatic carbocycles. The molecule has 21 heavy (non-hydrogen) atoms. The molecule has 1 aromatic carbocycles. The van der Waals surface area contributed by atoms with Crippen LogP contribution < -0.4 is 5.32 Å². The number of nitrogens with zero attached hydrogens (tertiary/aromatic N) is 2. The van der Waals surface area contributed by atoms with E-state index in [1.807, 2.05) is 13.0 Å². The monoisotopic (exact) mass is 302 g/mol. The van der Waals surface area contributed by atoms with Gasteiger partial charge in [0.2, 0.25) is 0 Å². The highest BCUT2D eigenvalue weighted by Crippen LogP contribution is 2.23. The van der Waals surface area contributed by atoms with E-state index in [0.717, 1.165) is 28.4 Å². The van der Waals surface area contributed by atoms with Gasteiger partial charge in [-0.2, -0.15) is 5.26 Å². The molecule has 2 aromatic rings. The van der Waals surface area contributed by atoms with Gasteiger partial charge in [0.05, 0.1) is 17.1 Å². The molecule has 0 saturated heterocycles. The van der Waals surface area contributed by atoms with Crippen molar-refractivity contribution in [3.63, 3.8) is 0 Å². The van der Waals surface area contributed by atoms with E-state index in [9.17, 15) is 5.26 Å². The molecule has 0 aliphatic heterocycles. The minimum atomic E-state index is -0.482. The predicted octanol–water partition coefficient (Wildman–Crippen LogP) is 3.63. The molecule has 0 radical (unpaired) electrons. The van der Waals surface area contributed by atoms with Crippen molar-refractivity contribution in [1.29, 1.82) is 5.26 Å². The highest BCUT2D eigenvalue weighted by Gasteiger charge is 2.24. The molecular weight excluding hydrogens is 280 g/mol. The first-order valence-electron chi connectivity index (χ1n) is 7.20. The number of aromatic amines is 1. The quantitative estimate of drug-likeness (QED) is 0.800. The molecular formula is C16H22N4S. The van der Waals surface area contributed by atoms with Crippen molar-refractivity contribution >= 4 is 22.8 Å². The van der Waals surface area contributed by atoms with Gasteiger partial charge in [-0.1, -0.05) is 17.8 Å². The molecule has 1 unspecified atom stereocenters. The molecule has 2 rings (SSSR count). The molecule has 0 bridgehead atoms. The fraction of sp³-hybridized carbons (Fsp3) is 0.500. The van der Waals surface area contributed by atoms with Gasteiger partial charge in [-0.15, -0.1) is 0 Å². The Hall–Kier alpha value is -1.51. The van der Waals surface area contributed by atoms with Gasteiger partial charge in [0.25, 0.3) is 0 Å². The van der Waals surface area contributed by atoms with E-state index >= 15 is 0 Å². The average Bonchev–Trinajstić information content (AvgIpc) is 2.79. The molecule has 1 atom stereocenters. The van der Waals surface area contributed by atoms with Crippen LogP contribution in [0.3, 0.4) is 0 Å². The van der Waals surface area contributed by atoms with E-state index in [0.29, 0.717) is 6.04 Å². The molecule has 0 aliphatic rings. The van der Waals surface area contributed by atoms with Crippen molar-refractivity contribution in [3.8, 4) is 6.07 Å². The lowest BCUT2D eigenvalue weighted by Gasteiger charge is -2.25. The van der Waals surface area contributed by atoms with Crippen LogP contribution in [0.5, 0.6) is 0 Å². The van der Waals surface area contributed by atoms with Gasteiger partial charge in [0, 0.05) is 11.8 Å². The van der Waals surface area contributed by atoms with Crippen molar-refractivity contribution in [1.82, 2.24) is 15.3 Å². The fourth-order valence-electron chi connectivity index (χ4n) is 2.32. The van der Waals surface area contributed by atoms with Gasteiger partial charge >= 0.3 is 0 Å². The van der Waals surface area contributed by atoms with Crippen LogP contribution >= 0.6 is 11.8 Å². The second-order valence-corrected chi connectivity index (χ2v) is 6.99. The number of imidazole rings is 1. The molecule has 1 heterocycles. The Kier molecular flexibility index (Phi) is 4.92. The maximum Gasteiger partial charge on any atom is 0.166 e. The summed E-state index contributed by atoms with van der Waals surface area (Å²) in [5.74, 6) is 0.850. The first-order chi connectivity index (χ1) is 9.92. The summed E-state index contributed by atoms with van der Waals surface area (Å²) in [7, 11) is 0. The lowest BCUT2D eigenvalue weighted by Crippen LogP contribution is -2.45. The van der Waals surface area contributed by atoms with Gasteiger partial charge in [-0.3, -0.25) is 5.32 Å². The zero-order valence-corrected chi connectivity index (χ0v) is 13.8. The van der Waals surface area contributed by atoms with Crippen LogP contribution in [-0.2, 0) is 0 Å². The van der Waals surface area contributed by atoms with Crippen LogP contribution in [0.1, 0.15) is 32.8 Å². The van der Waals surface area contributed by atoms with Gasteiger partial charge < -0.3 is 4.98 Å². The molecule has 0 spiro atoms. The Morgan fingerprint density at radius 3 is 2.90 bits per heavy atom. The average molecular weight is 302 g/mol. The molecule has 112 valence electrons. The first-order valence-corrected chi connectivity index (χ1v) is 8.18. The predicted molar refractivity (Wildman–Crippen MR) is 88.5 cm³/mol. The Morgan fingerprint density at radius 2 is 2.24 bits per heavy atom. The van der Waals surface area contributed by atoms with E-state index in [1.165, 1.54) is 5.56 Å². The summed E-state index contributed by atoms with van der Waals surface area (Å²) in [5, 5.41) is 13.6. The number of aromatic nitrogens is 2. The van der Waals surface area contributed by atoms with Crippen molar-refractivity contribution in [2.24, 2.45) is 0 Å². The number of rotatable bonds is 6. The van der Waals surface area contributed by atoms with Gasteiger partial charge in [0.15, 0.2) is 5.16 Å². The Morgan fingerprint density at radius 1 is 1.48 bits per heavy atom. The summed E-state index contributed by atoms with van der Waals surface area (Å²) in [5.41, 5.74) is 2.80. The lowest BCUT2D eigenvalue weighted by molar-refractivity contribution is 0.397. The van der Waals surface area contributed by atoms with E-state index in [1.54, 1.807) is 11.8 Å². The number of hydrogen-bond donors (Lipinski definition) is 2. The standard InChI is InChI=1S/C16H22N4S/c1-11(2)20-16(4,10-17)7-8-21-15-18-13-6-5-12(3)9-14(13)19-15/h5-6,9,11,20H,7-8H2,1-4H3,(H,18,19). The summed E-state index contributed by atoms with van der Waals surface area (Å²) >= 11 is 1.66. The van der Waals surface area contributed by atoms with Crippen molar-refractivity contribution in [2.75, 3.05) is 5.75 Å². The third-order valence-electron chi connectivity index (χ3n) is 3.31. The number of fused-ring (bicyclic) bond motifs is 1. The number of thioether (sulfide) groups is 1. The van der Waals surface area contributed by atoms with E-state index in [-0.39, 0.29) is 0 Å². The number of benzene rings is 1. The normalized spacial score (nSPS) is 14.3. The molecule has 4 nitrogen and oxygen atoms in total. The Bertz CT molecular complexity index is 656. The highest BCUT2D eigenvalue weighted by atomic mass is 32.2. The Labute approximate surface area is 130 Å². The zero-order valence-electron chi connectivity index (χ0n) is 13.0. The maximum absolute atomic E-state index is 9.33. The third kappa shape index (κ3) is 4.23. The van der Waals surface area contributed by atoms with Crippen molar-refractivity contribution in [2.45, 2.75) is 50.9 Å². The molecule has 5 heteroatoms. The summed E-state index contributed by atoms with van der Waals surface area (Å²) < 4.78 is 0. The van der Waals surface area contributed by atoms with Crippen LogP contribution in [0.4, 0.5) is 0 Å². The SMILES string of the molecule is Cc1ccc2nc(SCCC(C)(C#N)NC(C)C)[nH]c2c1. The summed E-state index contributed by atoms with van der Waals surface area (Å²) in [6.45, 7) is 8.15. The molecule has 0 fully saturated rings. The number of nitrogens with one attached hydrogen (secondary N) is 2. The van der Waals surface area contributed by atoms with Crippen LogP contribution in [0.25, 0.3) is 11.0 Å². The Balaban J connectivity index is 1.97. The molecule has 2 N–H and O–H groups in total. The van der Waals surface area contributed by atoms with Crippen molar-refractivity contribution in [3.05, 3.63) is 23.8 Å². The minimum Gasteiger partial charge on any atom is -0.333 e. The largest absolute Gasteiger partial charge is 0.333 e. The van der Waals surface area contributed by atoms with Crippen LogP contribution in [-0.4, -0.2) is 27.3 Å². The number of H-pyrrole nitrogens is 1. The summed E-state index contributed by atoms with van der Waals surface area (Å²) in [6, 6.07) is 8.88. The van der Waals surface area contributed by atoms with Gasteiger partial charge in [-0.25, -0.2) is 4.98 Å². The molecule has 0 saturated carbocycles. The topological polar surface area (TPSA) is 64.5 Å². The molecule has 0 amide bonds.